The van der Waals surface area contributed by atoms with Crippen LogP contribution in [0, 0.1) is 5.82 Å². The minimum atomic E-state index is -0.342. The highest BCUT2D eigenvalue weighted by molar-refractivity contribution is 5.91. The van der Waals surface area contributed by atoms with E-state index in [2.05, 4.69) is 10.3 Å². The molecule has 1 heterocycles. The monoisotopic (exact) mass is 296 g/mol. The first-order valence-electron chi connectivity index (χ1n) is 6.77. The minimum absolute atomic E-state index is 0.128. The summed E-state index contributed by atoms with van der Waals surface area (Å²) in [4.78, 5) is 15.9. The smallest absolute Gasteiger partial charge is 0.244 e. The summed E-state index contributed by atoms with van der Waals surface area (Å²) >= 11 is 0. The van der Waals surface area contributed by atoms with Crippen molar-refractivity contribution in [3.05, 3.63) is 71.9 Å². The zero-order valence-corrected chi connectivity index (χ0v) is 11.6. The van der Waals surface area contributed by atoms with Gasteiger partial charge < -0.3 is 9.73 Å². The molecule has 1 N–H and O–H groups in total. The molecule has 0 saturated carbocycles. The van der Waals surface area contributed by atoms with Gasteiger partial charge in [-0.2, -0.15) is 0 Å². The highest BCUT2D eigenvalue weighted by Crippen LogP contribution is 2.15. The number of aromatic nitrogens is 1. The lowest BCUT2D eigenvalue weighted by Crippen LogP contribution is -2.20. The van der Waals surface area contributed by atoms with Gasteiger partial charge in [-0.15, -0.1) is 0 Å². The lowest BCUT2D eigenvalue weighted by atomic mass is 10.2. The molecule has 0 bridgehead atoms. The summed E-state index contributed by atoms with van der Waals surface area (Å²) in [7, 11) is 0. The number of halogens is 1. The van der Waals surface area contributed by atoms with Gasteiger partial charge in [-0.1, -0.05) is 30.3 Å². The lowest BCUT2D eigenvalue weighted by molar-refractivity contribution is -0.116. The molecule has 0 spiro atoms. The van der Waals surface area contributed by atoms with E-state index in [4.69, 9.17) is 4.42 Å². The summed E-state index contributed by atoms with van der Waals surface area (Å²) in [5.41, 5.74) is 1.83. The lowest BCUT2D eigenvalue weighted by Gasteiger charge is -2.03. The third-order valence-electron chi connectivity index (χ3n) is 3.10. The maximum Gasteiger partial charge on any atom is 0.244 e. The Kier molecular flexibility index (Phi) is 3.96. The average molecular weight is 296 g/mol. The molecule has 0 aliphatic heterocycles. The first-order valence-corrected chi connectivity index (χ1v) is 6.77. The molecule has 0 aliphatic rings. The van der Waals surface area contributed by atoms with Crippen molar-refractivity contribution in [1.82, 2.24) is 10.3 Å². The van der Waals surface area contributed by atoms with Gasteiger partial charge in [0.2, 0.25) is 11.8 Å². The van der Waals surface area contributed by atoms with Crippen LogP contribution in [0.1, 0.15) is 11.5 Å². The highest BCUT2D eigenvalue weighted by atomic mass is 19.1. The summed E-state index contributed by atoms with van der Waals surface area (Å²) in [5, 5.41) is 2.61. The molecular formula is C17H13FN2O2. The molecule has 0 radical (unpaired) electrons. The molecule has 3 rings (SSSR count). The predicted octanol–water partition coefficient (Wildman–Crippen LogP) is 3.30. The van der Waals surface area contributed by atoms with Crippen molar-refractivity contribution in [2.45, 2.75) is 6.54 Å². The quantitative estimate of drug-likeness (QED) is 0.752. The third kappa shape index (κ3) is 3.20. The first kappa shape index (κ1) is 14.0. The molecular weight excluding hydrogens is 283 g/mol. The van der Waals surface area contributed by atoms with E-state index in [0.717, 1.165) is 5.52 Å². The molecule has 1 amide bonds. The van der Waals surface area contributed by atoms with Gasteiger partial charge in [-0.25, -0.2) is 9.37 Å². The molecule has 5 heteroatoms. The number of para-hydroxylation sites is 2. The van der Waals surface area contributed by atoms with Crippen LogP contribution >= 0.6 is 0 Å². The van der Waals surface area contributed by atoms with E-state index in [0.29, 0.717) is 17.0 Å². The Balaban J connectivity index is 1.62. The first-order chi connectivity index (χ1) is 10.7. The number of nitrogens with one attached hydrogen (secondary N) is 1. The van der Waals surface area contributed by atoms with Gasteiger partial charge in [0, 0.05) is 24.3 Å². The van der Waals surface area contributed by atoms with Crippen molar-refractivity contribution in [1.29, 1.82) is 0 Å². The Labute approximate surface area is 126 Å². The molecule has 0 atom stereocenters. The van der Waals surface area contributed by atoms with Crippen LogP contribution in [0.15, 0.2) is 59.0 Å². The van der Waals surface area contributed by atoms with Crippen LogP contribution in [0.3, 0.4) is 0 Å². The average Bonchev–Trinajstić information content (AvgIpc) is 2.95. The molecule has 4 nitrogen and oxygen atoms in total. The summed E-state index contributed by atoms with van der Waals surface area (Å²) in [6.07, 6.45) is 2.79. The van der Waals surface area contributed by atoms with E-state index in [1.54, 1.807) is 24.3 Å². The molecule has 22 heavy (non-hydrogen) atoms. The molecule has 0 unspecified atom stereocenters. The van der Waals surface area contributed by atoms with Crippen LogP contribution in [0.4, 0.5) is 4.39 Å². The van der Waals surface area contributed by atoms with Gasteiger partial charge in [0.05, 0.1) is 0 Å². The number of carbonyl (C=O) groups is 1. The molecule has 1 aromatic heterocycles. The summed E-state index contributed by atoms with van der Waals surface area (Å²) in [5.74, 6) is -0.335. The minimum Gasteiger partial charge on any atom is -0.437 e. The number of benzene rings is 2. The van der Waals surface area contributed by atoms with Gasteiger partial charge in [0.1, 0.15) is 11.3 Å². The van der Waals surface area contributed by atoms with Crippen LogP contribution < -0.4 is 5.32 Å². The fourth-order valence-electron chi connectivity index (χ4n) is 1.99. The highest BCUT2D eigenvalue weighted by Gasteiger charge is 2.04. The van der Waals surface area contributed by atoms with E-state index >= 15 is 0 Å². The molecule has 0 fully saturated rings. The van der Waals surface area contributed by atoms with Crippen molar-refractivity contribution < 1.29 is 13.6 Å². The molecule has 3 aromatic rings. The van der Waals surface area contributed by atoms with Crippen molar-refractivity contribution >= 4 is 23.1 Å². The Morgan fingerprint density at radius 3 is 2.77 bits per heavy atom. The SMILES string of the molecule is O=C(C=Cc1nc2ccccc2o1)NCc1ccccc1F. The van der Waals surface area contributed by atoms with E-state index < -0.39 is 0 Å². The number of carbonyl (C=O) groups excluding carboxylic acids is 1. The van der Waals surface area contributed by atoms with Gasteiger partial charge in [-0.3, -0.25) is 4.79 Å². The number of rotatable bonds is 4. The molecule has 110 valence electrons. The number of amides is 1. The van der Waals surface area contributed by atoms with Crippen LogP contribution in [-0.4, -0.2) is 10.9 Å². The Bertz CT molecular complexity index is 806. The van der Waals surface area contributed by atoms with E-state index in [1.807, 2.05) is 18.2 Å². The van der Waals surface area contributed by atoms with Crippen molar-refractivity contribution in [2.24, 2.45) is 0 Å². The van der Waals surface area contributed by atoms with E-state index in [9.17, 15) is 9.18 Å². The zero-order chi connectivity index (χ0) is 15.4. The standard InChI is InChI=1S/C17H13FN2O2/c18-13-6-2-1-5-12(13)11-19-16(21)9-10-17-20-14-7-3-4-8-15(14)22-17/h1-10H,11H2,(H,19,21). The van der Waals surface area contributed by atoms with Gasteiger partial charge >= 0.3 is 0 Å². The number of fused-ring (bicyclic) bond motifs is 1. The second-order valence-corrected chi connectivity index (χ2v) is 4.66. The largest absolute Gasteiger partial charge is 0.437 e. The van der Waals surface area contributed by atoms with Crippen molar-refractivity contribution in [2.75, 3.05) is 0 Å². The predicted molar refractivity (Wildman–Crippen MR) is 81.3 cm³/mol. The van der Waals surface area contributed by atoms with Crippen molar-refractivity contribution in [3.8, 4) is 0 Å². The normalized spacial score (nSPS) is 11.1. The maximum absolute atomic E-state index is 13.4. The van der Waals surface area contributed by atoms with Crippen LogP contribution in [0.5, 0.6) is 0 Å². The maximum atomic E-state index is 13.4. The van der Waals surface area contributed by atoms with Crippen LogP contribution in [-0.2, 0) is 11.3 Å². The number of hydrogen-bond acceptors (Lipinski definition) is 3. The summed E-state index contributed by atoms with van der Waals surface area (Å²) < 4.78 is 18.9. The summed E-state index contributed by atoms with van der Waals surface area (Å²) in [6.45, 7) is 0.128. The Morgan fingerprint density at radius 2 is 1.95 bits per heavy atom. The third-order valence-corrected chi connectivity index (χ3v) is 3.10. The van der Waals surface area contributed by atoms with Gasteiger partial charge in [0.15, 0.2) is 5.58 Å². The molecule has 0 saturated heterocycles. The van der Waals surface area contributed by atoms with Crippen molar-refractivity contribution in [3.63, 3.8) is 0 Å². The molecule has 0 aliphatic carbocycles. The number of nitrogens with zero attached hydrogens (tertiary/aromatic N) is 1. The fourth-order valence-corrected chi connectivity index (χ4v) is 1.99. The van der Waals surface area contributed by atoms with E-state index in [1.165, 1.54) is 18.2 Å². The number of oxazole rings is 1. The zero-order valence-electron chi connectivity index (χ0n) is 11.6. The van der Waals surface area contributed by atoms with Gasteiger partial charge in [-0.05, 0) is 18.2 Å². The fraction of sp³-hybridized carbons (Fsp3) is 0.0588. The Hall–Kier alpha value is -2.95. The second kappa shape index (κ2) is 6.22. The topological polar surface area (TPSA) is 55.1 Å². The van der Waals surface area contributed by atoms with E-state index in [-0.39, 0.29) is 18.3 Å². The molecule has 2 aromatic carbocycles. The van der Waals surface area contributed by atoms with Crippen LogP contribution in [0.25, 0.3) is 17.2 Å². The van der Waals surface area contributed by atoms with Gasteiger partial charge in [0.25, 0.3) is 0 Å². The summed E-state index contributed by atoms with van der Waals surface area (Å²) in [6, 6.07) is 13.6. The number of hydrogen-bond donors (Lipinski definition) is 1. The Morgan fingerprint density at radius 1 is 1.18 bits per heavy atom. The van der Waals surface area contributed by atoms with Crippen LogP contribution in [0.2, 0.25) is 0 Å². The second-order valence-electron chi connectivity index (χ2n) is 4.66.